The lowest BCUT2D eigenvalue weighted by Crippen LogP contribution is -2.34. The smallest absolute Gasteiger partial charge is 0.330 e. The third-order valence-corrected chi connectivity index (χ3v) is 6.01. The number of hydrogen-bond acceptors (Lipinski definition) is 9. The Balaban J connectivity index is 0.000000671. The first-order valence-corrected chi connectivity index (χ1v) is 14.2. The van der Waals surface area contributed by atoms with Crippen LogP contribution in [0.15, 0.2) is 14.4 Å². The van der Waals surface area contributed by atoms with Gasteiger partial charge in [0, 0.05) is 13.0 Å². The Labute approximate surface area is 224 Å². The highest BCUT2D eigenvalue weighted by molar-refractivity contribution is 5.25. The van der Waals surface area contributed by atoms with Gasteiger partial charge in [0.05, 0.1) is 6.61 Å². The molecule has 0 aliphatic heterocycles. The van der Waals surface area contributed by atoms with E-state index in [1.807, 2.05) is 0 Å². The van der Waals surface area contributed by atoms with Gasteiger partial charge in [-0.05, 0) is 6.42 Å². The highest BCUT2D eigenvalue weighted by Gasteiger charge is 2.02. The number of nitrogen functional groups attached to an aromatic ring is 2. The van der Waals surface area contributed by atoms with Gasteiger partial charge in [-0.25, -0.2) is 14.4 Å². The van der Waals surface area contributed by atoms with Crippen molar-refractivity contribution in [1.29, 1.82) is 0 Å². The van der Waals surface area contributed by atoms with Gasteiger partial charge in [-0.1, -0.05) is 103 Å². The topological polar surface area (TPSA) is 199 Å². The summed E-state index contributed by atoms with van der Waals surface area (Å²) in [5.41, 5.74) is 8.70. The molecule has 0 fully saturated rings. The van der Waals surface area contributed by atoms with Crippen molar-refractivity contribution < 1.29 is 4.74 Å². The van der Waals surface area contributed by atoms with E-state index in [1.165, 1.54) is 96.3 Å². The van der Waals surface area contributed by atoms with E-state index in [0.717, 1.165) is 13.0 Å². The summed E-state index contributed by atoms with van der Waals surface area (Å²) in [7, 11) is 0. The van der Waals surface area contributed by atoms with Crippen LogP contribution in [0.25, 0.3) is 0 Å². The molecular formula is C26H48N8O4. The lowest BCUT2D eigenvalue weighted by Gasteiger charge is -2.05. The number of aromatic amines is 3. The highest BCUT2D eigenvalue weighted by atomic mass is 16.5. The number of ether oxygens (including phenoxy) is 1. The quantitative estimate of drug-likeness (QED) is 0.157. The summed E-state index contributed by atoms with van der Waals surface area (Å²) in [6.45, 7) is 3.68. The maximum Gasteiger partial charge on any atom is 0.330 e. The molecule has 2 heterocycles. The average molecular weight is 537 g/mol. The van der Waals surface area contributed by atoms with Gasteiger partial charge in [-0.15, -0.1) is 0 Å². The first-order chi connectivity index (χ1) is 18.4. The molecule has 0 bridgehead atoms. The third kappa shape index (κ3) is 19.1. The maximum absolute atomic E-state index is 10.2. The first-order valence-electron chi connectivity index (χ1n) is 14.2. The molecular weight excluding hydrogens is 488 g/mol. The fourth-order valence-electron chi connectivity index (χ4n) is 3.99. The Morgan fingerprint density at radius 2 is 0.921 bits per heavy atom. The van der Waals surface area contributed by atoms with E-state index < -0.39 is 17.1 Å². The van der Waals surface area contributed by atoms with Crippen LogP contribution in [0.2, 0.25) is 0 Å². The molecule has 7 N–H and O–H groups in total. The van der Waals surface area contributed by atoms with Gasteiger partial charge in [0.15, 0.2) is 0 Å². The molecule has 2 rings (SSSR count). The minimum Gasteiger partial charge on any atom is -0.381 e. The lowest BCUT2D eigenvalue weighted by atomic mass is 10.0. The number of aromatic nitrogens is 6. The second-order valence-corrected chi connectivity index (χ2v) is 9.50. The number of rotatable bonds is 20. The Bertz CT molecular complexity index is 922. The molecule has 216 valence electrons. The van der Waals surface area contributed by atoms with Crippen molar-refractivity contribution in [3.8, 4) is 0 Å². The van der Waals surface area contributed by atoms with Gasteiger partial charge in [-0.3, -0.25) is 15.0 Å². The maximum atomic E-state index is 10.2. The number of H-pyrrole nitrogens is 3. The summed E-state index contributed by atoms with van der Waals surface area (Å²) in [5, 5.41) is 0. The molecule has 0 spiro atoms. The van der Waals surface area contributed by atoms with Crippen molar-refractivity contribution in [3.05, 3.63) is 37.3 Å². The van der Waals surface area contributed by atoms with E-state index in [1.54, 1.807) is 15.0 Å². The lowest BCUT2D eigenvalue weighted by molar-refractivity contribution is 0.131. The van der Waals surface area contributed by atoms with Crippen molar-refractivity contribution in [2.45, 2.75) is 116 Å². The SMILES string of the molecule is CCCCCCCCCCCCCCCCCCOCCc1nc(N)nc(N)n1.O=c1[nH]c(=O)[nH]c(=O)[nH]1. The van der Waals surface area contributed by atoms with Gasteiger partial charge in [0.2, 0.25) is 11.9 Å². The van der Waals surface area contributed by atoms with Gasteiger partial charge >= 0.3 is 17.1 Å². The summed E-state index contributed by atoms with van der Waals surface area (Å²) in [4.78, 5) is 47.8. The molecule has 12 nitrogen and oxygen atoms in total. The summed E-state index contributed by atoms with van der Waals surface area (Å²) in [6.07, 6.45) is 22.8. The fourth-order valence-corrected chi connectivity index (χ4v) is 3.99. The first kappa shape index (κ1) is 33.0. The Morgan fingerprint density at radius 1 is 0.553 bits per heavy atom. The number of hydrogen-bond donors (Lipinski definition) is 5. The number of anilines is 2. The molecule has 0 saturated carbocycles. The second kappa shape index (κ2) is 22.0. The standard InChI is InChI=1S/C23H45N5O.C3H3N3O3/c1-2-3-4-5-6-7-8-9-10-11-12-13-14-15-16-17-19-29-20-18-21-26-22(24)28-23(25)27-21;7-1-4-2(8)6-3(9)5-1/h2-20H2,1H3,(H4,24,25,26,27,28);(H3,4,5,6,7,8,9). The molecule has 2 aromatic heterocycles. The number of nitrogens with zero attached hydrogens (tertiary/aromatic N) is 3. The van der Waals surface area contributed by atoms with Gasteiger partial charge < -0.3 is 16.2 Å². The predicted molar refractivity (Wildman–Crippen MR) is 151 cm³/mol. The van der Waals surface area contributed by atoms with Crippen LogP contribution in [0.3, 0.4) is 0 Å². The molecule has 0 aliphatic rings. The summed E-state index contributed by atoms with van der Waals surface area (Å²) < 4.78 is 5.65. The van der Waals surface area contributed by atoms with E-state index in [4.69, 9.17) is 16.2 Å². The Hall–Kier alpha value is -3.02. The van der Waals surface area contributed by atoms with Crippen LogP contribution >= 0.6 is 0 Å². The minimum atomic E-state index is -0.802. The van der Waals surface area contributed by atoms with Crippen LogP contribution < -0.4 is 28.5 Å². The van der Waals surface area contributed by atoms with Crippen LogP contribution in [-0.4, -0.2) is 43.1 Å². The van der Waals surface area contributed by atoms with Crippen molar-refractivity contribution >= 4 is 11.9 Å². The molecule has 38 heavy (non-hydrogen) atoms. The number of nitrogens with one attached hydrogen (secondary N) is 3. The third-order valence-electron chi connectivity index (χ3n) is 6.01. The summed E-state index contributed by atoms with van der Waals surface area (Å²) >= 11 is 0. The molecule has 0 amide bonds. The molecule has 0 radical (unpaired) electrons. The van der Waals surface area contributed by atoms with Crippen LogP contribution in [0.1, 0.15) is 115 Å². The Kier molecular flexibility index (Phi) is 19.1. The van der Waals surface area contributed by atoms with E-state index in [2.05, 4.69) is 21.9 Å². The fraction of sp³-hybridized carbons (Fsp3) is 0.769. The monoisotopic (exact) mass is 536 g/mol. The van der Waals surface area contributed by atoms with E-state index in [-0.39, 0.29) is 11.9 Å². The predicted octanol–water partition coefficient (Wildman–Crippen LogP) is 3.61. The van der Waals surface area contributed by atoms with Crippen molar-refractivity contribution in [3.63, 3.8) is 0 Å². The van der Waals surface area contributed by atoms with Gasteiger partial charge in [0.1, 0.15) is 5.82 Å². The molecule has 0 aromatic carbocycles. The van der Waals surface area contributed by atoms with E-state index >= 15 is 0 Å². The summed E-state index contributed by atoms with van der Waals surface area (Å²) in [5.74, 6) is 0.942. The zero-order chi connectivity index (χ0) is 27.8. The normalized spacial score (nSPS) is 10.8. The van der Waals surface area contributed by atoms with Crippen molar-refractivity contribution in [2.24, 2.45) is 0 Å². The zero-order valence-electron chi connectivity index (χ0n) is 23.1. The van der Waals surface area contributed by atoms with Crippen LogP contribution in [0, 0.1) is 0 Å². The molecule has 0 unspecified atom stereocenters. The molecule has 2 aromatic rings. The van der Waals surface area contributed by atoms with Crippen molar-refractivity contribution in [2.75, 3.05) is 24.7 Å². The van der Waals surface area contributed by atoms with Crippen LogP contribution in [0.4, 0.5) is 11.9 Å². The second-order valence-electron chi connectivity index (χ2n) is 9.50. The van der Waals surface area contributed by atoms with Crippen molar-refractivity contribution in [1.82, 2.24) is 29.9 Å². The van der Waals surface area contributed by atoms with Crippen LogP contribution in [-0.2, 0) is 11.2 Å². The van der Waals surface area contributed by atoms with Gasteiger partial charge in [0.25, 0.3) is 0 Å². The van der Waals surface area contributed by atoms with Gasteiger partial charge in [-0.2, -0.15) is 15.0 Å². The summed E-state index contributed by atoms with van der Waals surface area (Å²) in [6, 6.07) is 0. The molecule has 0 aliphatic carbocycles. The Morgan fingerprint density at radius 3 is 1.32 bits per heavy atom. The molecule has 12 heteroatoms. The van der Waals surface area contributed by atoms with E-state index in [0.29, 0.717) is 18.9 Å². The van der Waals surface area contributed by atoms with Crippen LogP contribution in [0.5, 0.6) is 0 Å². The van der Waals surface area contributed by atoms with E-state index in [9.17, 15) is 14.4 Å². The number of nitrogens with two attached hydrogens (primary N) is 2. The largest absolute Gasteiger partial charge is 0.381 e. The molecule has 0 saturated heterocycles. The average Bonchev–Trinajstić information content (AvgIpc) is 2.84. The molecule has 0 atom stereocenters. The minimum absolute atomic E-state index is 0.172. The number of unbranched alkanes of at least 4 members (excludes halogenated alkanes) is 15. The zero-order valence-corrected chi connectivity index (χ0v) is 23.1. The highest BCUT2D eigenvalue weighted by Crippen LogP contribution is 2.13.